The zero-order chi connectivity index (χ0) is 13.6. The molecule has 0 atom stereocenters. The van der Waals surface area contributed by atoms with E-state index in [4.69, 9.17) is 5.73 Å². The maximum atomic E-state index is 11.3. The average molecular weight is 270 g/mol. The molecule has 0 saturated carbocycles. The van der Waals surface area contributed by atoms with Crippen LogP contribution in [-0.4, -0.2) is 32.4 Å². The smallest absolute Gasteiger partial charge is 0.248 e. The molecule has 0 radical (unpaired) electrons. The number of carbonyl (C=O) groups is 1. The first-order valence-corrected chi connectivity index (χ1v) is 7.61. The van der Waals surface area contributed by atoms with Gasteiger partial charge in [-0.1, -0.05) is 13.0 Å². The van der Waals surface area contributed by atoms with Crippen LogP contribution in [0.25, 0.3) is 0 Å². The Morgan fingerprint density at radius 2 is 2.11 bits per heavy atom. The van der Waals surface area contributed by atoms with Crippen molar-refractivity contribution < 1.29 is 13.2 Å². The van der Waals surface area contributed by atoms with Crippen LogP contribution in [-0.2, 0) is 9.84 Å². The second-order valence-corrected chi connectivity index (χ2v) is 6.43. The molecule has 0 spiro atoms. The highest BCUT2D eigenvalue weighted by atomic mass is 32.2. The minimum Gasteiger partial charge on any atom is -0.385 e. The number of hydrogen-bond acceptors (Lipinski definition) is 4. The largest absolute Gasteiger partial charge is 0.385 e. The Labute approximate surface area is 107 Å². The van der Waals surface area contributed by atoms with E-state index in [0.29, 0.717) is 18.5 Å². The van der Waals surface area contributed by atoms with Gasteiger partial charge in [-0.3, -0.25) is 4.79 Å². The molecule has 5 nitrogen and oxygen atoms in total. The summed E-state index contributed by atoms with van der Waals surface area (Å²) in [5.74, 6) is -0.136. The van der Waals surface area contributed by atoms with Gasteiger partial charge in [-0.05, 0) is 24.6 Å². The first-order chi connectivity index (χ1) is 8.44. The Hall–Kier alpha value is -1.56. The molecule has 0 aliphatic rings. The van der Waals surface area contributed by atoms with E-state index in [1.54, 1.807) is 31.2 Å². The Morgan fingerprint density at radius 1 is 1.39 bits per heavy atom. The summed E-state index contributed by atoms with van der Waals surface area (Å²) in [6.45, 7) is 2.18. The zero-order valence-corrected chi connectivity index (χ0v) is 11.2. The number of benzene rings is 1. The summed E-state index contributed by atoms with van der Waals surface area (Å²) in [7, 11) is -2.91. The number of nitrogens with two attached hydrogens (primary N) is 1. The third kappa shape index (κ3) is 4.75. The van der Waals surface area contributed by atoms with Crippen molar-refractivity contribution in [2.75, 3.05) is 23.4 Å². The molecule has 0 aliphatic carbocycles. The van der Waals surface area contributed by atoms with Gasteiger partial charge in [0.15, 0.2) is 0 Å². The highest BCUT2D eigenvalue weighted by molar-refractivity contribution is 7.91. The van der Waals surface area contributed by atoms with E-state index in [-0.39, 0.29) is 11.5 Å². The van der Waals surface area contributed by atoms with E-state index in [1.165, 1.54) is 0 Å². The fraction of sp³-hybridized carbons (Fsp3) is 0.417. The normalized spacial score (nSPS) is 11.2. The third-order valence-electron chi connectivity index (χ3n) is 2.55. The first-order valence-electron chi connectivity index (χ1n) is 5.79. The van der Waals surface area contributed by atoms with Gasteiger partial charge in [-0.25, -0.2) is 8.42 Å². The number of sulfone groups is 1. The van der Waals surface area contributed by atoms with Gasteiger partial charge in [0.25, 0.3) is 0 Å². The lowest BCUT2D eigenvalue weighted by Gasteiger charge is -2.07. The van der Waals surface area contributed by atoms with Gasteiger partial charge in [0, 0.05) is 23.5 Å². The van der Waals surface area contributed by atoms with E-state index >= 15 is 0 Å². The Morgan fingerprint density at radius 3 is 2.72 bits per heavy atom. The molecule has 0 heterocycles. The third-order valence-corrected chi connectivity index (χ3v) is 4.34. The Balaban J connectivity index is 2.45. The maximum absolute atomic E-state index is 11.3. The molecule has 1 amide bonds. The molecule has 3 N–H and O–H groups in total. The lowest BCUT2D eigenvalue weighted by molar-refractivity contribution is 0.100. The second kappa shape index (κ2) is 6.39. The van der Waals surface area contributed by atoms with Crippen LogP contribution in [0.15, 0.2) is 24.3 Å². The highest BCUT2D eigenvalue weighted by Crippen LogP contribution is 2.10. The van der Waals surface area contributed by atoms with Crippen LogP contribution >= 0.6 is 0 Å². The van der Waals surface area contributed by atoms with E-state index in [9.17, 15) is 13.2 Å². The maximum Gasteiger partial charge on any atom is 0.248 e. The van der Waals surface area contributed by atoms with E-state index in [0.717, 1.165) is 5.69 Å². The molecule has 0 fully saturated rings. The van der Waals surface area contributed by atoms with Crippen LogP contribution in [0.5, 0.6) is 0 Å². The topological polar surface area (TPSA) is 89.3 Å². The molecule has 6 heteroatoms. The van der Waals surface area contributed by atoms with Crippen molar-refractivity contribution in [1.82, 2.24) is 0 Å². The van der Waals surface area contributed by atoms with E-state index in [1.807, 2.05) is 0 Å². The fourth-order valence-corrected chi connectivity index (χ4v) is 2.32. The summed E-state index contributed by atoms with van der Waals surface area (Å²) >= 11 is 0. The van der Waals surface area contributed by atoms with Crippen molar-refractivity contribution >= 4 is 21.4 Å². The predicted molar refractivity (Wildman–Crippen MR) is 72.4 cm³/mol. The summed E-state index contributed by atoms with van der Waals surface area (Å²) in [5, 5.41) is 3.06. The Kier molecular flexibility index (Phi) is 5.15. The lowest BCUT2D eigenvalue weighted by atomic mass is 10.2. The van der Waals surface area contributed by atoms with E-state index in [2.05, 4.69) is 5.32 Å². The van der Waals surface area contributed by atoms with Gasteiger partial charge in [0.1, 0.15) is 9.84 Å². The number of carbonyl (C=O) groups excluding carboxylic acids is 1. The van der Waals surface area contributed by atoms with Crippen LogP contribution in [0.4, 0.5) is 5.69 Å². The summed E-state index contributed by atoms with van der Waals surface area (Å²) in [5.41, 5.74) is 6.36. The van der Waals surface area contributed by atoms with Gasteiger partial charge < -0.3 is 11.1 Å². The SMILES string of the molecule is CCS(=O)(=O)CCCNc1cccc(C(N)=O)c1. The number of primary amides is 1. The summed E-state index contributed by atoms with van der Waals surface area (Å²) in [6, 6.07) is 6.82. The van der Waals surface area contributed by atoms with Crippen molar-refractivity contribution in [3.63, 3.8) is 0 Å². The van der Waals surface area contributed by atoms with Crippen molar-refractivity contribution in [3.8, 4) is 0 Å². The molecule has 0 aromatic heterocycles. The van der Waals surface area contributed by atoms with Gasteiger partial charge in [0.2, 0.25) is 5.91 Å². The standard InChI is InChI=1S/C12H18N2O3S/c1-2-18(16,17)8-4-7-14-11-6-3-5-10(9-11)12(13)15/h3,5-6,9,14H,2,4,7-8H2,1H3,(H2,13,15). The van der Waals surface area contributed by atoms with Crippen LogP contribution in [0, 0.1) is 0 Å². The highest BCUT2D eigenvalue weighted by Gasteiger charge is 2.06. The molecule has 0 unspecified atom stereocenters. The minimum atomic E-state index is -2.91. The van der Waals surface area contributed by atoms with Crippen molar-refractivity contribution in [1.29, 1.82) is 0 Å². The fourth-order valence-electron chi connectivity index (χ4n) is 1.45. The molecule has 0 saturated heterocycles. The van der Waals surface area contributed by atoms with Gasteiger partial charge >= 0.3 is 0 Å². The quantitative estimate of drug-likeness (QED) is 0.724. The summed E-state index contributed by atoms with van der Waals surface area (Å²) in [4.78, 5) is 11.0. The molecule has 1 rings (SSSR count). The minimum absolute atomic E-state index is 0.171. The molecular weight excluding hydrogens is 252 g/mol. The first kappa shape index (κ1) is 14.5. The van der Waals surface area contributed by atoms with Crippen molar-refractivity contribution in [3.05, 3.63) is 29.8 Å². The molecule has 0 bridgehead atoms. The average Bonchev–Trinajstić information content (AvgIpc) is 2.35. The number of anilines is 1. The molecule has 1 aromatic rings. The van der Waals surface area contributed by atoms with Gasteiger partial charge in [-0.15, -0.1) is 0 Å². The number of amides is 1. The molecule has 18 heavy (non-hydrogen) atoms. The number of hydrogen-bond donors (Lipinski definition) is 2. The van der Waals surface area contributed by atoms with Crippen LogP contribution in [0.2, 0.25) is 0 Å². The summed E-state index contributed by atoms with van der Waals surface area (Å²) < 4.78 is 22.5. The molecular formula is C12H18N2O3S. The van der Waals surface area contributed by atoms with Crippen LogP contribution in [0.1, 0.15) is 23.7 Å². The van der Waals surface area contributed by atoms with Crippen LogP contribution < -0.4 is 11.1 Å². The lowest BCUT2D eigenvalue weighted by Crippen LogP contribution is -2.14. The van der Waals surface area contributed by atoms with Gasteiger partial charge in [0.05, 0.1) is 5.75 Å². The number of nitrogens with one attached hydrogen (secondary N) is 1. The molecule has 0 aliphatic heterocycles. The molecule has 1 aromatic carbocycles. The summed E-state index contributed by atoms with van der Waals surface area (Å²) in [6.07, 6.45) is 0.539. The van der Waals surface area contributed by atoms with E-state index < -0.39 is 15.7 Å². The molecule has 100 valence electrons. The second-order valence-electron chi connectivity index (χ2n) is 3.96. The van der Waals surface area contributed by atoms with Crippen molar-refractivity contribution in [2.45, 2.75) is 13.3 Å². The predicted octanol–water partition coefficient (Wildman–Crippen LogP) is 1.02. The van der Waals surface area contributed by atoms with Gasteiger partial charge in [-0.2, -0.15) is 0 Å². The van der Waals surface area contributed by atoms with Crippen LogP contribution in [0.3, 0.4) is 0 Å². The zero-order valence-electron chi connectivity index (χ0n) is 10.3. The number of rotatable bonds is 7. The Bertz CT molecular complexity index is 512. The monoisotopic (exact) mass is 270 g/mol. The van der Waals surface area contributed by atoms with Crippen molar-refractivity contribution in [2.24, 2.45) is 5.73 Å².